The topological polar surface area (TPSA) is 43.1 Å². The lowest BCUT2D eigenvalue weighted by atomic mass is 10.0. The lowest BCUT2D eigenvalue weighted by molar-refractivity contribution is 0.941. The first kappa shape index (κ1) is 14.8. The van der Waals surface area contributed by atoms with E-state index in [1.54, 1.807) is 0 Å². The Balaban J connectivity index is 1.67. The summed E-state index contributed by atoms with van der Waals surface area (Å²) >= 11 is 0. The number of nitrogens with zero attached hydrogens (tertiary/aromatic N) is 4. The summed E-state index contributed by atoms with van der Waals surface area (Å²) in [6.45, 7) is 2.09. The van der Waals surface area contributed by atoms with Crippen LogP contribution in [0, 0.1) is 6.92 Å². The Morgan fingerprint density at radius 2 is 1.65 bits per heavy atom. The third-order valence-corrected chi connectivity index (χ3v) is 4.68. The van der Waals surface area contributed by atoms with Gasteiger partial charge in [-0.3, -0.25) is 4.98 Å². The van der Waals surface area contributed by atoms with Gasteiger partial charge in [0, 0.05) is 35.1 Å². The summed E-state index contributed by atoms with van der Waals surface area (Å²) in [4.78, 5) is 9.15. The first-order valence-electron chi connectivity index (χ1n) is 8.54. The summed E-state index contributed by atoms with van der Waals surface area (Å²) in [5, 5.41) is 5.65. The standard InChI is InChI=1S/C22H16N4/c1-15-7-9-16(10-8-15)17-12-24-22-20(13-25-26(22)14-17)18-4-2-6-21-19(18)5-3-11-23-21/h2-14H,1H3. The predicted octanol–water partition coefficient (Wildman–Crippen LogP) is 4.92. The molecule has 0 saturated heterocycles. The molecule has 124 valence electrons. The van der Waals surface area contributed by atoms with Gasteiger partial charge in [0.2, 0.25) is 0 Å². The van der Waals surface area contributed by atoms with E-state index in [1.165, 1.54) is 5.56 Å². The molecule has 0 N–H and O–H groups in total. The van der Waals surface area contributed by atoms with E-state index in [4.69, 9.17) is 4.98 Å². The van der Waals surface area contributed by atoms with E-state index in [0.717, 1.165) is 38.8 Å². The highest BCUT2D eigenvalue weighted by molar-refractivity contribution is 5.97. The second-order valence-corrected chi connectivity index (χ2v) is 6.41. The van der Waals surface area contributed by atoms with Gasteiger partial charge in [-0.05, 0) is 30.2 Å². The maximum Gasteiger partial charge on any atom is 0.162 e. The lowest BCUT2D eigenvalue weighted by Crippen LogP contribution is -1.92. The Morgan fingerprint density at radius 1 is 0.769 bits per heavy atom. The minimum absolute atomic E-state index is 0.845. The lowest BCUT2D eigenvalue weighted by Gasteiger charge is -2.05. The number of aromatic nitrogens is 4. The fourth-order valence-electron chi connectivity index (χ4n) is 3.30. The molecular formula is C22H16N4. The van der Waals surface area contributed by atoms with Crippen molar-refractivity contribution in [1.82, 2.24) is 19.6 Å². The molecule has 4 heteroatoms. The van der Waals surface area contributed by atoms with Gasteiger partial charge in [0.1, 0.15) is 0 Å². The molecular weight excluding hydrogens is 320 g/mol. The minimum Gasteiger partial charge on any atom is -0.256 e. The molecule has 2 aromatic carbocycles. The van der Waals surface area contributed by atoms with Crippen LogP contribution in [0.2, 0.25) is 0 Å². The zero-order chi connectivity index (χ0) is 17.5. The maximum atomic E-state index is 4.70. The largest absolute Gasteiger partial charge is 0.256 e. The van der Waals surface area contributed by atoms with Crippen molar-refractivity contribution in [3.05, 3.63) is 84.9 Å². The van der Waals surface area contributed by atoms with Crippen LogP contribution in [0.1, 0.15) is 5.56 Å². The van der Waals surface area contributed by atoms with E-state index in [1.807, 2.05) is 47.5 Å². The average molecular weight is 336 g/mol. The highest BCUT2D eigenvalue weighted by Gasteiger charge is 2.12. The van der Waals surface area contributed by atoms with Crippen molar-refractivity contribution in [2.75, 3.05) is 0 Å². The van der Waals surface area contributed by atoms with Crippen LogP contribution in [-0.4, -0.2) is 19.6 Å². The van der Waals surface area contributed by atoms with Crippen molar-refractivity contribution in [3.8, 4) is 22.3 Å². The number of hydrogen-bond acceptors (Lipinski definition) is 3. The summed E-state index contributed by atoms with van der Waals surface area (Å²) in [7, 11) is 0. The quantitative estimate of drug-likeness (QED) is 0.459. The Hall–Kier alpha value is -3.53. The van der Waals surface area contributed by atoms with E-state index in [9.17, 15) is 0 Å². The van der Waals surface area contributed by atoms with Crippen LogP contribution in [0.5, 0.6) is 0 Å². The van der Waals surface area contributed by atoms with Gasteiger partial charge in [-0.1, -0.05) is 48.0 Å². The van der Waals surface area contributed by atoms with Crippen LogP contribution in [0.15, 0.2) is 79.4 Å². The van der Waals surface area contributed by atoms with E-state index in [2.05, 4.69) is 53.4 Å². The molecule has 0 aliphatic heterocycles. The van der Waals surface area contributed by atoms with Gasteiger partial charge < -0.3 is 0 Å². The molecule has 3 aromatic heterocycles. The smallest absolute Gasteiger partial charge is 0.162 e. The second kappa shape index (κ2) is 5.77. The SMILES string of the molecule is Cc1ccc(-c2cnc3c(-c4cccc5ncccc45)cnn3c2)cc1. The van der Waals surface area contributed by atoms with Crippen LogP contribution in [-0.2, 0) is 0 Å². The minimum atomic E-state index is 0.845. The van der Waals surface area contributed by atoms with Crippen molar-refractivity contribution in [2.24, 2.45) is 0 Å². The number of aryl methyl sites for hydroxylation is 1. The van der Waals surface area contributed by atoms with Gasteiger partial charge in [-0.25, -0.2) is 9.50 Å². The second-order valence-electron chi connectivity index (χ2n) is 6.41. The molecule has 0 bridgehead atoms. The average Bonchev–Trinajstić information content (AvgIpc) is 3.11. The third-order valence-electron chi connectivity index (χ3n) is 4.68. The van der Waals surface area contributed by atoms with Gasteiger partial charge in [0.15, 0.2) is 5.65 Å². The molecule has 0 spiro atoms. The number of benzene rings is 2. The Morgan fingerprint density at radius 3 is 2.54 bits per heavy atom. The molecule has 0 aliphatic rings. The van der Waals surface area contributed by atoms with Crippen molar-refractivity contribution >= 4 is 16.6 Å². The molecule has 0 atom stereocenters. The van der Waals surface area contributed by atoms with Crippen molar-refractivity contribution in [2.45, 2.75) is 6.92 Å². The fraction of sp³-hybridized carbons (Fsp3) is 0.0455. The molecule has 0 aliphatic carbocycles. The summed E-state index contributed by atoms with van der Waals surface area (Å²) < 4.78 is 1.85. The monoisotopic (exact) mass is 336 g/mol. The Kier molecular flexibility index (Phi) is 3.28. The molecule has 0 saturated carbocycles. The zero-order valence-electron chi connectivity index (χ0n) is 14.3. The molecule has 5 aromatic rings. The predicted molar refractivity (Wildman–Crippen MR) is 104 cm³/mol. The first-order valence-corrected chi connectivity index (χ1v) is 8.54. The van der Waals surface area contributed by atoms with Gasteiger partial charge in [-0.15, -0.1) is 0 Å². The van der Waals surface area contributed by atoms with E-state index in [0.29, 0.717) is 0 Å². The molecule has 0 amide bonds. The molecule has 5 rings (SSSR count). The summed E-state index contributed by atoms with van der Waals surface area (Å²) in [6, 6.07) is 18.6. The van der Waals surface area contributed by atoms with Crippen LogP contribution in [0.3, 0.4) is 0 Å². The van der Waals surface area contributed by atoms with Crippen LogP contribution in [0.4, 0.5) is 0 Å². The van der Waals surface area contributed by atoms with Crippen LogP contribution < -0.4 is 0 Å². The summed E-state index contributed by atoms with van der Waals surface area (Å²) in [5.74, 6) is 0. The van der Waals surface area contributed by atoms with Crippen molar-refractivity contribution in [3.63, 3.8) is 0 Å². The van der Waals surface area contributed by atoms with Crippen molar-refractivity contribution in [1.29, 1.82) is 0 Å². The highest BCUT2D eigenvalue weighted by Crippen LogP contribution is 2.30. The first-order chi connectivity index (χ1) is 12.8. The molecule has 3 heterocycles. The van der Waals surface area contributed by atoms with Gasteiger partial charge >= 0.3 is 0 Å². The normalized spacial score (nSPS) is 11.3. The third kappa shape index (κ3) is 2.35. The highest BCUT2D eigenvalue weighted by atomic mass is 15.2. The maximum absolute atomic E-state index is 4.70. The Bertz CT molecular complexity index is 1230. The number of hydrogen-bond donors (Lipinski definition) is 0. The van der Waals surface area contributed by atoms with E-state index < -0.39 is 0 Å². The molecule has 0 radical (unpaired) electrons. The number of rotatable bonds is 2. The van der Waals surface area contributed by atoms with Crippen LogP contribution >= 0.6 is 0 Å². The molecule has 0 fully saturated rings. The van der Waals surface area contributed by atoms with Gasteiger partial charge in [0.25, 0.3) is 0 Å². The van der Waals surface area contributed by atoms with Crippen LogP contribution in [0.25, 0.3) is 38.8 Å². The van der Waals surface area contributed by atoms with Gasteiger partial charge in [0.05, 0.1) is 11.7 Å². The summed E-state index contributed by atoms with van der Waals surface area (Å²) in [6.07, 6.45) is 7.63. The molecule has 0 unspecified atom stereocenters. The fourth-order valence-corrected chi connectivity index (χ4v) is 3.30. The molecule has 4 nitrogen and oxygen atoms in total. The zero-order valence-corrected chi connectivity index (χ0v) is 14.3. The summed E-state index contributed by atoms with van der Waals surface area (Å²) in [5.41, 5.74) is 7.36. The number of fused-ring (bicyclic) bond motifs is 2. The number of pyridine rings is 1. The van der Waals surface area contributed by atoms with Crippen molar-refractivity contribution < 1.29 is 0 Å². The van der Waals surface area contributed by atoms with E-state index in [-0.39, 0.29) is 0 Å². The molecule has 26 heavy (non-hydrogen) atoms. The Labute approximate surface area is 150 Å². The van der Waals surface area contributed by atoms with E-state index >= 15 is 0 Å². The van der Waals surface area contributed by atoms with Gasteiger partial charge in [-0.2, -0.15) is 5.10 Å².